The maximum Gasteiger partial charge on any atom is 0.412 e. The van der Waals surface area contributed by atoms with E-state index in [1.165, 1.54) is 0 Å². The zero-order valence-corrected chi connectivity index (χ0v) is 12.3. The molecule has 1 saturated heterocycles. The molecule has 1 aliphatic rings. The summed E-state index contributed by atoms with van der Waals surface area (Å²) in [6.45, 7) is 10.5. The maximum atomic E-state index is 12.2. The summed E-state index contributed by atoms with van der Waals surface area (Å²) in [6.07, 6.45) is 0.421. The summed E-state index contributed by atoms with van der Waals surface area (Å²) in [5.74, 6) is 0. The molecule has 0 N–H and O–H groups in total. The zero-order chi connectivity index (χ0) is 14.0. The Kier molecular flexibility index (Phi) is 4.61. The third-order valence-corrected chi connectivity index (χ3v) is 2.82. The molecule has 0 aromatic rings. The van der Waals surface area contributed by atoms with Gasteiger partial charge in [-0.1, -0.05) is 0 Å². The molecule has 0 saturated carbocycles. The average molecular weight is 259 g/mol. The lowest BCUT2D eigenvalue weighted by atomic mass is 10.1. The second-order valence-electron chi connectivity index (χ2n) is 6.04. The molecule has 0 bridgehead atoms. The highest BCUT2D eigenvalue weighted by Gasteiger charge is 2.45. The summed E-state index contributed by atoms with van der Waals surface area (Å²) in [6, 6.07) is 0.00907. The molecule has 5 nitrogen and oxygen atoms in total. The maximum absolute atomic E-state index is 12.2. The van der Waals surface area contributed by atoms with Crippen molar-refractivity contribution in [1.82, 2.24) is 4.90 Å². The Morgan fingerprint density at radius 1 is 1.44 bits per heavy atom. The Labute approximate surface area is 109 Å². The monoisotopic (exact) mass is 259 g/mol. The highest BCUT2D eigenvalue weighted by Crippen LogP contribution is 2.30. The van der Waals surface area contributed by atoms with Gasteiger partial charge >= 0.3 is 6.09 Å². The molecule has 1 aliphatic heterocycles. The molecule has 0 aromatic carbocycles. The van der Waals surface area contributed by atoms with Crippen LogP contribution >= 0.6 is 0 Å². The predicted octanol–water partition coefficient (Wildman–Crippen LogP) is 2.39. The molecule has 0 spiro atoms. The summed E-state index contributed by atoms with van der Waals surface area (Å²) >= 11 is 0. The lowest BCUT2D eigenvalue weighted by molar-refractivity contribution is -0.0631. The fraction of sp³-hybridized carbons (Fsp3) is 0.923. The van der Waals surface area contributed by atoms with Crippen LogP contribution in [0.1, 0.15) is 41.0 Å². The van der Waals surface area contributed by atoms with Crippen molar-refractivity contribution < 1.29 is 19.0 Å². The third kappa shape index (κ3) is 3.85. The first kappa shape index (κ1) is 15.2. The van der Waals surface area contributed by atoms with E-state index in [1.54, 1.807) is 12.0 Å². The number of rotatable bonds is 3. The molecule has 5 heteroatoms. The van der Waals surface area contributed by atoms with Crippen LogP contribution in [0.3, 0.4) is 0 Å². The standard InChI is InChI=1S/C13H25NO4/c1-12(2,3)18-11(15)14-10(7-8-16-6)9-17-13(14,4)5/h10H,7-9H2,1-6H3. The van der Waals surface area contributed by atoms with Crippen molar-refractivity contribution in [2.75, 3.05) is 20.3 Å². The molecule has 18 heavy (non-hydrogen) atoms. The second-order valence-corrected chi connectivity index (χ2v) is 6.04. The fourth-order valence-corrected chi connectivity index (χ4v) is 2.03. The lowest BCUT2D eigenvalue weighted by Crippen LogP contribution is -2.50. The van der Waals surface area contributed by atoms with Gasteiger partial charge in [-0.3, -0.25) is 4.90 Å². The van der Waals surface area contributed by atoms with Gasteiger partial charge in [-0.25, -0.2) is 4.79 Å². The summed E-state index contributed by atoms with van der Waals surface area (Å²) < 4.78 is 16.2. The summed E-state index contributed by atoms with van der Waals surface area (Å²) in [7, 11) is 1.65. The van der Waals surface area contributed by atoms with Crippen molar-refractivity contribution in [3.63, 3.8) is 0 Å². The van der Waals surface area contributed by atoms with E-state index in [9.17, 15) is 4.79 Å². The minimum Gasteiger partial charge on any atom is -0.444 e. The van der Waals surface area contributed by atoms with Crippen LogP contribution in [0.25, 0.3) is 0 Å². The molecule has 1 amide bonds. The molecule has 1 heterocycles. The molecule has 106 valence electrons. The number of amides is 1. The van der Waals surface area contributed by atoms with E-state index < -0.39 is 11.3 Å². The van der Waals surface area contributed by atoms with Crippen LogP contribution in [0.4, 0.5) is 4.79 Å². The Morgan fingerprint density at radius 3 is 2.56 bits per heavy atom. The van der Waals surface area contributed by atoms with Crippen LogP contribution in [0.5, 0.6) is 0 Å². The number of hydrogen-bond donors (Lipinski definition) is 0. The van der Waals surface area contributed by atoms with E-state index in [4.69, 9.17) is 14.2 Å². The van der Waals surface area contributed by atoms with Gasteiger partial charge in [0.15, 0.2) is 0 Å². The van der Waals surface area contributed by atoms with E-state index in [0.29, 0.717) is 13.2 Å². The number of carbonyl (C=O) groups excluding carboxylic acids is 1. The Hall–Kier alpha value is -0.810. The number of hydrogen-bond acceptors (Lipinski definition) is 4. The van der Waals surface area contributed by atoms with Crippen LogP contribution < -0.4 is 0 Å². The molecule has 1 atom stereocenters. The van der Waals surface area contributed by atoms with Gasteiger partial charge in [0.25, 0.3) is 0 Å². The SMILES string of the molecule is COCCC1COC(C)(C)N1C(=O)OC(C)(C)C. The van der Waals surface area contributed by atoms with E-state index >= 15 is 0 Å². The summed E-state index contributed by atoms with van der Waals surface area (Å²) in [5, 5.41) is 0. The van der Waals surface area contributed by atoms with Gasteiger partial charge in [0.05, 0.1) is 12.6 Å². The Balaban J connectivity index is 2.75. The lowest BCUT2D eigenvalue weighted by Gasteiger charge is -2.35. The van der Waals surface area contributed by atoms with Gasteiger partial charge in [0.2, 0.25) is 0 Å². The van der Waals surface area contributed by atoms with Gasteiger partial charge < -0.3 is 14.2 Å². The van der Waals surface area contributed by atoms with Gasteiger partial charge in [0.1, 0.15) is 11.3 Å². The van der Waals surface area contributed by atoms with Gasteiger partial charge in [0, 0.05) is 13.7 Å². The molecular weight excluding hydrogens is 234 g/mol. The van der Waals surface area contributed by atoms with Crippen LogP contribution in [0.15, 0.2) is 0 Å². The number of ether oxygens (including phenoxy) is 3. The van der Waals surface area contributed by atoms with E-state index in [2.05, 4.69) is 0 Å². The average Bonchev–Trinajstić information content (AvgIpc) is 2.48. The van der Waals surface area contributed by atoms with Crippen LogP contribution in [-0.4, -0.2) is 48.7 Å². The molecule has 0 aliphatic carbocycles. The highest BCUT2D eigenvalue weighted by molar-refractivity contribution is 5.69. The number of nitrogens with zero attached hydrogens (tertiary/aromatic N) is 1. The smallest absolute Gasteiger partial charge is 0.412 e. The number of carbonyl (C=O) groups is 1. The Bertz CT molecular complexity index is 296. The number of methoxy groups -OCH3 is 1. The molecule has 1 fully saturated rings. The predicted molar refractivity (Wildman–Crippen MR) is 68.4 cm³/mol. The van der Waals surface area contributed by atoms with Crippen molar-refractivity contribution in [1.29, 1.82) is 0 Å². The van der Waals surface area contributed by atoms with E-state index in [0.717, 1.165) is 6.42 Å². The van der Waals surface area contributed by atoms with Crippen LogP contribution in [0, 0.1) is 0 Å². The molecule has 1 unspecified atom stereocenters. The van der Waals surface area contributed by atoms with Crippen LogP contribution in [-0.2, 0) is 14.2 Å². The normalized spacial score (nSPS) is 23.2. The van der Waals surface area contributed by atoms with E-state index in [-0.39, 0.29) is 12.1 Å². The van der Waals surface area contributed by atoms with Crippen molar-refractivity contribution in [3.8, 4) is 0 Å². The minimum atomic E-state index is -0.624. The second kappa shape index (κ2) is 5.45. The third-order valence-electron chi connectivity index (χ3n) is 2.82. The fourth-order valence-electron chi connectivity index (χ4n) is 2.03. The highest BCUT2D eigenvalue weighted by atomic mass is 16.6. The van der Waals surface area contributed by atoms with Gasteiger partial charge in [-0.15, -0.1) is 0 Å². The Morgan fingerprint density at radius 2 is 2.06 bits per heavy atom. The first-order chi connectivity index (χ1) is 8.17. The van der Waals surface area contributed by atoms with Gasteiger partial charge in [-0.05, 0) is 41.0 Å². The zero-order valence-electron chi connectivity index (χ0n) is 12.3. The quantitative estimate of drug-likeness (QED) is 0.781. The summed E-state index contributed by atoms with van der Waals surface area (Å²) in [5.41, 5.74) is -1.12. The topological polar surface area (TPSA) is 48.0 Å². The van der Waals surface area contributed by atoms with Crippen molar-refractivity contribution in [3.05, 3.63) is 0 Å². The molecular formula is C13H25NO4. The van der Waals surface area contributed by atoms with Gasteiger partial charge in [-0.2, -0.15) is 0 Å². The molecule has 0 aromatic heterocycles. The van der Waals surface area contributed by atoms with Crippen molar-refractivity contribution >= 4 is 6.09 Å². The van der Waals surface area contributed by atoms with Crippen molar-refractivity contribution in [2.24, 2.45) is 0 Å². The first-order valence-electron chi connectivity index (χ1n) is 6.32. The molecule has 1 rings (SSSR count). The van der Waals surface area contributed by atoms with Crippen LogP contribution in [0.2, 0.25) is 0 Å². The minimum absolute atomic E-state index is 0.00907. The molecule has 0 radical (unpaired) electrons. The van der Waals surface area contributed by atoms with E-state index in [1.807, 2.05) is 34.6 Å². The first-order valence-corrected chi connectivity index (χ1v) is 6.32. The van der Waals surface area contributed by atoms with Crippen molar-refractivity contribution in [2.45, 2.75) is 58.4 Å². The summed E-state index contributed by atoms with van der Waals surface area (Å²) in [4.78, 5) is 13.9. The largest absolute Gasteiger partial charge is 0.444 e.